The van der Waals surface area contributed by atoms with Gasteiger partial charge in [0.2, 0.25) is 0 Å². The molecule has 0 unspecified atom stereocenters. The highest BCUT2D eigenvalue weighted by molar-refractivity contribution is 7.80. The summed E-state index contributed by atoms with van der Waals surface area (Å²) in [7, 11) is 3.30. The van der Waals surface area contributed by atoms with Crippen molar-refractivity contribution in [2.75, 3.05) is 26.1 Å². The largest absolute Gasteiger partial charge is 0.497 e. The number of fused-ring (bicyclic) bond motifs is 1. The first-order valence-electron chi connectivity index (χ1n) is 9.62. The number of aromatic nitrogens is 1. The van der Waals surface area contributed by atoms with Crippen LogP contribution in [-0.4, -0.2) is 35.3 Å². The van der Waals surface area contributed by atoms with Gasteiger partial charge in [-0.2, -0.15) is 0 Å². The number of aryl methyl sites for hydroxylation is 1. The monoisotopic (exact) mass is 407 g/mol. The number of anilines is 1. The minimum absolute atomic E-state index is 0.0518. The lowest BCUT2D eigenvalue weighted by atomic mass is 9.99. The zero-order valence-electron chi connectivity index (χ0n) is 16.9. The maximum Gasteiger partial charge on any atom is 0.174 e. The number of thiocarbonyl (C=S) groups is 1. The molecule has 29 heavy (non-hydrogen) atoms. The predicted octanol–water partition coefficient (Wildman–Crippen LogP) is 4.62. The maximum atomic E-state index is 5.86. The van der Waals surface area contributed by atoms with Crippen molar-refractivity contribution in [2.45, 2.75) is 19.5 Å². The summed E-state index contributed by atoms with van der Waals surface area (Å²) in [6, 6.07) is 18.6. The van der Waals surface area contributed by atoms with E-state index in [9.17, 15) is 0 Å². The summed E-state index contributed by atoms with van der Waals surface area (Å²) >= 11 is 5.86. The first-order chi connectivity index (χ1) is 14.1. The molecule has 5 nitrogen and oxygen atoms in total. The minimum Gasteiger partial charge on any atom is -0.497 e. The van der Waals surface area contributed by atoms with Gasteiger partial charge in [0.05, 0.1) is 25.9 Å². The van der Waals surface area contributed by atoms with Crippen molar-refractivity contribution in [3.63, 3.8) is 0 Å². The molecular weight excluding hydrogens is 382 g/mol. The molecule has 1 atom stereocenters. The molecule has 6 heteroatoms. The number of hydrogen-bond acceptors (Lipinski definition) is 3. The maximum absolute atomic E-state index is 5.86. The molecule has 3 aromatic rings. The second-order valence-corrected chi connectivity index (χ2v) is 7.52. The Morgan fingerprint density at radius 1 is 1.03 bits per heavy atom. The van der Waals surface area contributed by atoms with Crippen LogP contribution in [-0.2, 0) is 6.54 Å². The van der Waals surface area contributed by atoms with Crippen LogP contribution in [0.1, 0.15) is 22.9 Å². The van der Waals surface area contributed by atoms with Gasteiger partial charge in [-0.15, -0.1) is 0 Å². The van der Waals surface area contributed by atoms with E-state index in [1.54, 1.807) is 14.2 Å². The summed E-state index contributed by atoms with van der Waals surface area (Å²) in [5.74, 6) is 1.47. The molecule has 1 aromatic heterocycles. The van der Waals surface area contributed by atoms with Gasteiger partial charge in [0.1, 0.15) is 11.5 Å². The highest BCUT2D eigenvalue weighted by Crippen LogP contribution is 2.34. The molecule has 0 saturated heterocycles. The zero-order chi connectivity index (χ0) is 20.4. The molecule has 1 aliphatic heterocycles. The van der Waals surface area contributed by atoms with Crippen molar-refractivity contribution in [1.82, 2.24) is 9.47 Å². The topological polar surface area (TPSA) is 38.7 Å². The van der Waals surface area contributed by atoms with E-state index in [4.69, 9.17) is 21.7 Å². The normalized spacial score (nSPS) is 15.6. The zero-order valence-corrected chi connectivity index (χ0v) is 17.7. The number of methoxy groups -OCH3 is 2. The van der Waals surface area contributed by atoms with Crippen molar-refractivity contribution in [3.8, 4) is 11.5 Å². The summed E-state index contributed by atoms with van der Waals surface area (Å²) in [5.41, 5.74) is 4.49. The van der Waals surface area contributed by atoms with Crippen LogP contribution in [0, 0.1) is 6.92 Å². The molecule has 2 heterocycles. The molecule has 150 valence electrons. The smallest absolute Gasteiger partial charge is 0.174 e. The molecule has 1 aliphatic rings. The Balaban J connectivity index is 1.67. The van der Waals surface area contributed by atoms with Gasteiger partial charge < -0.3 is 24.3 Å². The summed E-state index contributed by atoms with van der Waals surface area (Å²) in [4.78, 5) is 2.24. The molecule has 0 amide bonds. The second-order valence-electron chi connectivity index (χ2n) is 7.13. The van der Waals surface area contributed by atoms with E-state index in [1.165, 1.54) is 16.8 Å². The van der Waals surface area contributed by atoms with E-state index in [1.807, 2.05) is 18.2 Å². The summed E-state index contributed by atoms with van der Waals surface area (Å²) in [6.45, 7) is 3.81. The minimum atomic E-state index is 0.0518. The molecule has 1 N–H and O–H groups in total. The Morgan fingerprint density at radius 3 is 2.55 bits per heavy atom. The second kappa shape index (κ2) is 8.17. The average Bonchev–Trinajstić information content (AvgIpc) is 3.22. The lowest BCUT2D eigenvalue weighted by Crippen LogP contribution is -2.44. The molecule has 0 fully saturated rings. The Bertz CT molecular complexity index is 1010. The fourth-order valence-electron chi connectivity index (χ4n) is 3.80. The third-order valence-electron chi connectivity index (χ3n) is 5.34. The predicted molar refractivity (Wildman–Crippen MR) is 120 cm³/mol. The van der Waals surface area contributed by atoms with Crippen molar-refractivity contribution < 1.29 is 9.47 Å². The fourth-order valence-corrected chi connectivity index (χ4v) is 4.11. The third-order valence-corrected chi connectivity index (χ3v) is 5.68. The van der Waals surface area contributed by atoms with E-state index in [2.05, 4.69) is 64.3 Å². The van der Waals surface area contributed by atoms with Gasteiger partial charge in [-0.05, 0) is 49.0 Å². The van der Waals surface area contributed by atoms with Crippen molar-refractivity contribution in [3.05, 3.63) is 77.6 Å². The third kappa shape index (κ3) is 3.80. The molecule has 0 bridgehead atoms. The molecule has 0 radical (unpaired) electrons. The average molecular weight is 408 g/mol. The van der Waals surface area contributed by atoms with Gasteiger partial charge in [0.25, 0.3) is 0 Å². The SMILES string of the molecule is COc1ccc(OC)c(NC(=S)N2CCn3cccc3[C@H]2c2ccc(C)cc2)c1. The highest BCUT2D eigenvalue weighted by Gasteiger charge is 2.30. The van der Waals surface area contributed by atoms with Crippen LogP contribution in [0.4, 0.5) is 5.69 Å². The van der Waals surface area contributed by atoms with E-state index < -0.39 is 0 Å². The van der Waals surface area contributed by atoms with E-state index in [0.717, 1.165) is 30.3 Å². The van der Waals surface area contributed by atoms with Crippen LogP contribution in [0.25, 0.3) is 0 Å². The van der Waals surface area contributed by atoms with E-state index >= 15 is 0 Å². The number of nitrogens with zero attached hydrogens (tertiary/aromatic N) is 2. The standard InChI is InChI=1S/C23H25N3O2S/c1-16-6-8-17(9-7-16)22-20-5-4-12-25(20)13-14-26(22)23(29)24-19-15-18(27-2)10-11-21(19)28-3/h4-12,15,22H,13-14H2,1-3H3,(H,24,29)/t22-/m1/s1. The first kappa shape index (κ1) is 19.3. The number of benzene rings is 2. The number of hydrogen-bond donors (Lipinski definition) is 1. The molecule has 0 saturated carbocycles. The van der Waals surface area contributed by atoms with Gasteiger partial charge in [-0.1, -0.05) is 29.8 Å². The quantitative estimate of drug-likeness (QED) is 0.639. The van der Waals surface area contributed by atoms with Crippen molar-refractivity contribution >= 4 is 23.0 Å². The molecule has 0 spiro atoms. The van der Waals surface area contributed by atoms with Crippen LogP contribution in [0.2, 0.25) is 0 Å². The van der Waals surface area contributed by atoms with Gasteiger partial charge in [-0.25, -0.2) is 0 Å². The number of nitrogens with one attached hydrogen (secondary N) is 1. The summed E-state index contributed by atoms with van der Waals surface area (Å²) in [6.07, 6.45) is 2.13. The Hall–Kier alpha value is -2.99. The fraction of sp³-hybridized carbons (Fsp3) is 0.261. The summed E-state index contributed by atoms with van der Waals surface area (Å²) in [5, 5.41) is 4.04. The molecule has 4 rings (SSSR count). The first-order valence-corrected chi connectivity index (χ1v) is 10.0. The lowest BCUT2D eigenvalue weighted by Gasteiger charge is -2.39. The number of ether oxygens (including phenoxy) is 2. The summed E-state index contributed by atoms with van der Waals surface area (Å²) < 4.78 is 13.2. The Morgan fingerprint density at radius 2 is 1.83 bits per heavy atom. The lowest BCUT2D eigenvalue weighted by molar-refractivity contribution is 0.293. The van der Waals surface area contributed by atoms with E-state index in [-0.39, 0.29) is 6.04 Å². The van der Waals surface area contributed by atoms with Crippen LogP contribution >= 0.6 is 12.2 Å². The van der Waals surface area contributed by atoms with Crippen LogP contribution < -0.4 is 14.8 Å². The molecule has 2 aromatic carbocycles. The van der Waals surface area contributed by atoms with Gasteiger partial charge in [0, 0.05) is 31.0 Å². The van der Waals surface area contributed by atoms with Crippen molar-refractivity contribution in [1.29, 1.82) is 0 Å². The van der Waals surface area contributed by atoms with Crippen molar-refractivity contribution in [2.24, 2.45) is 0 Å². The Labute approximate surface area is 176 Å². The molecular formula is C23H25N3O2S. The van der Waals surface area contributed by atoms with Gasteiger partial charge in [0.15, 0.2) is 5.11 Å². The van der Waals surface area contributed by atoms with Crippen LogP contribution in [0.15, 0.2) is 60.8 Å². The van der Waals surface area contributed by atoms with Crippen LogP contribution in [0.5, 0.6) is 11.5 Å². The van der Waals surface area contributed by atoms with E-state index in [0.29, 0.717) is 5.11 Å². The number of rotatable bonds is 4. The van der Waals surface area contributed by atoms with Crippen LogP contribution in [0.3, 0.4) is 0 Å². The Kier molecular flexibility index (Phi) is 5.45. The van der Waals surface area contributed by atoms with Gasteiger partial charge in [-0.3, -0.25) is 0 Å². The highest BCUT2D eigenvalue weighted by atomic mass is 32.1. The van der Waals surface area contributed by atoms with Gasteiger partial charge >= 0.3 is 0 Å². The molecule has 0 aliphatic carbocycles.